The van der Waals surface area contributed by atoms with Crippen molar-refractivity contribution in [3.63, 3.8) is 0 Å². The molecule has 0 bridgehead atoms. The van der Waals surface area contributed by atoms with E-state index in [1.165, 1.54) is 42.5 Å². The quantitative estimate of drug-likeness (QED) is 0.137. The third-order valence-electron chi connectivity index (χ3n) is 8.92. The van der Waals surface area contributed by atoms with Crippen molar-refractivity contribution in [1.82, 2.24) is 0 Å². The number of aryl methyl sites for hydroxylation is 3. The van der Waals surface area contributed by atoms with Gasteiger partial charge in [-0.25, -0.2) is 9.59 Å². The predicted octanol–water partition coefficient (Wildman–Crippen LogP) is 4.42. The van der Waals surface area contributed by atoms with E-state index >= 15 is 0 Å². The van der Waals surface area contributed by atoms with E-state index in [2.05, 4.69) is 15.9 Å². The van der Waals surface area contributed by atoms with Gasteiger partial charge in [0, 0.05) is 30.0 Å². The normalized spacial score (nSPS) is 22.4. The number of rotatable bonds is 13. The molecule has 0 aromatic heterocycles. The lowest BCUT2D eigenvalue weighted by atomic mass is 9.91. The molecule has 0 spiro atoms. The highest BCUT2D eigenvalue weighted by Crippen LogP contribution is 2.31. The van der Waals surface area contributed by atoms with Gasteiger partial charge in [0.25, 0.3) is 30.4 Å². The number of carbonyl (C=O) groups is 2. The summed E-state index contributed by atoms with van der Waals surface area (Å²) in [6, 6.07) is 16.5. The van der Waals surface area contributed by atoms with Gasteiger partial charge in [-0.2, -0.15) is 25.3 Å². The molecule has 0 fully saturated rings. The van der Waals surface area contributed by atoms with Crippen molar-refractivity contribution >= 4 is 58.2 Å². The van der Waals surface area contributed by atoms with Gasteiger partial charge in [0.1, 0.15) is 6.10 Å². The van der Waals surface area contributed by atoms with Crippen LogP contribution in [0.5, 0.6) is 0 Å². The van der Waals surface area contributed by atoms with Crippen molar-refractivity contribution in [2.75, 3.05) is 13.2 Å². The second kappa shape index (κ2) is 20.0. The Kier molecular flexibility index (Phi) is 16.2. The summed E-state index contributed by atoms with van der Waals surface area (Å²) in [5, 5.41) is 0. The van der Waals surface area contributed by atoms with E-state index in [1.54, 1.807) is 70.2 Å². The zero-order valence-corrected chi connectivity index (χ0v) is 36.5. The topological polar surface area (TPSA) is 235 Å². The molecule has 3 aromatic carbocycles. The molecule has 4 N–H and O–H groups in total. The van der Waals surface area contributed by atoms with E-state index in [1.807, 2.05) is 6.92 Å². The molecule has 2 aliphatic carbocycles. The number of carbonyl (C=O) groups excluding carboxylic acids is 2. The summed E-state index contributed by atoms with van der Waals surface area (Å²) >= 11 is 3.34. The smallest absolute Gasteiger partial charge is 0.333 e. The van der Waals surface area contributed by atoms with E-state index in [4.69, 9.17) is 33.5 Å². The minimum Gasteiger partial charge on any atom is -0.463 e. The van der Waals surface area contributed by atoms with Crippen LogP contribution in [-0.4, -0.2) is 85.6 Å². The van der Waals surface area contributed by atoms with Crippen molar-refractivity contribution in [2.45, 2.75) is 97.4 Å². The molecular weight excluding hydrogens is 881 g/mol. The molecule has 0 saturated carbocycles. The molecule has 58 heavy (non-hydrogen) atoms. The molecule has 6 atom stereocenters. The van der Waals surface area contributed by atoms with Crippen LogP contribution in [-0.2, 0) is 62.0 Å². The summed E-state index contributed by atoms with van der Waals surface area (Å²) in [6.45, 7) is 9.10. The molecule has 0 unspecified atom stereocenters. The number of benzene rings is 3. The van der Waals surface area contributed by atoms with Gasteiger partial charge >= 0.3 is 11.9 Å². The number of esters is 2. The summed E-state index contributed by atoms with van der Waals surface area (Å²) in [4.78, 5) is 23.8. The van der Waals surface area contributed by atoms with Gasteiger partial charge in [-0.3, -0.25) is 12.5 Å². The fourth-order valence-corrected chi connectivity index (χ4v) is 9.58. The van der Waals surface area contributed by atoms with Crippen LogP contribution in [0.3, 0.4) is 0 Å². The van der Waals surface area contributed by atoms with Crippen molar-refractivity contribution in [3.05, 3.63) is 113 Å². The Morgan fingerprint density at radius 3 is 1.26 bits per heavy atom. The van der Waals surface area contributed by atoms with Crippen LogP contribution in [0.25, 0.3) is 0 Å². The van der Waals surface area contributed by atoms with E-state index in [-0.39, 0.29) is 51.1 Å². The zero-order valence-electron chi connectivity index (χ0n) is 32.4. The molecule has 0 heterocycles. The van der Waals surface area contributed by atoms with Gasteiger partial charge in [-0.15, -0.1) is 0 Å². The SMILES string of the molecule is CCOC(=O)C1=C[C@@H](Br)[C@H](N)[C@H](OS(=O)(=O)c2ccc(C)cc2)C1.CCOC(=O)C1=C[C@H](OS(=O)(=O)c2ccc(C)cc2)[C@H](N)[C@H](OS(=O)(=O)c2ccc(C)cc2)C1. The van der Waals surface area contributed by atoms with E-state index in [0.717, 1.165) is 16.7 Å². The number of halogens is 1. The molecule has 5 rings (SSSR count). The highest BCUT2D eigenvalue weighted by atomic mass is 79.9. The standard InChI is InChI=1S/C23H27NO8S2.C16H20BrNO5S/c1-4-30-23(25)17-13-20(31-33(26,27)18-9-5-15(2)6-10-18)22(24)21(14-17)32-34(28,29)19-11-7-16(3)8-12-19;1-3-22-16(19)11-8-13(17)15(18)14(9-11)23-24(20,21)12-6-4-10(2)5-7-12/h5-13,20-22H,4,14,24H2,1-3H3;4-8,13-15H,3,9,18H2,1-2H3/t20-,21+,22-;13-,14-,15+/m01/s1. The number of hydrogen-bond acceptors (Lipinski definition) is 15. The molecule has 15 nitrogen and oxygen atoms in total. The second-order valence-electron chi connectivity index (χ2n) is 13.5. The van der Waals surface area contributed by atoms with Crippen LogP contribution in [0.1, 0.15) is 43.4 Å². The number of ether oxygens (including phenoxy) is 2. The summed E-state index contributed by atoms with van der Waals surface area (Å²) in [5.41, 5.74) is 15.3. The molecule has 19 heteroatoms. The first-order valence-electron chi connectivity index (χ1n) is 18.1. The fraction of sp³-hybridized carbons (Fsp3) is 0.385. The number of nitrogens with two attached hydrogens (primary N) is 2. The predicted molar refractivity (Wildman–Crippen MR) is 217 cm³/mol. The molecule has 0 aliphatic heterocycles. The lowest BCUT2D eigenvalue weighted by molar-refractivity contribution is -0.140. The average Bonchev–Trinajstić information content (AvgIpc) is 3.15. The molecule has 3 aromatic rings. The highest BCUT2D eigenvalue weighted by molar-refractivity contribution is 9.09. The zero-order chi connectivity index (χ0) is 43.0. The van der Waals surface area contributed by atoms with E-state index in [9.17, 15) is 34.8 Å². The van der Waals surface area contributed by atoms with Crippen molar-refractivity contribution in [3.8, 4) is 0 Å². The van der Waals surface area contributed by atoms with Gasteiger partial charge in [0.05, 0.1) is 51.0 Å². The van der Waals surface area contributed by atoms with Crippen LogP contribution >= 0.6 is 15.9 Å². The van der Waals surface area contributed by atoms with Crippen molar-refractivity contribution < 1.29 is 56.9 Å². The number of hydrogen-bond donors (Lipinski definition) is 2. The maximum atomic E-state index is 12.8. The van der Waals surface area contributed by atoms with Crippen LogP contribution < -0.4 is 11.5 Å². The van der Waals surface area contributed by atoms with Crippen LogP contribution in [0.2, 0.25) is 0 Å². The van der Waals surface area contributed by atoms with Gasteiger partial charge in [0.15, 0.2) is 0 Å². The maximum Gasteiger partial charge on any atom is 0.333 e. The van der Waals surface area contributed by atoms with Crippen molar-refractivity contribution in [1.29, 1.82) is 0 Å². The van der Waals surface area contributed by atoms with Gasteiger partial charge in [0.2, 0.25) is 0 Å². The first-order valence-corrected chi connectivity index (χ1v) is 23.2. The summed E-state index contributed by atoms with van der Waals surface area (Å²) in [7, 11) is -12.5. The Balaban J connectivity index is 0.000000273. The van der Waals surface area contributed by atoms with Gasteiger partial charge in [-0.1, -0.05) is 75.1 Å². The molecule has 0 saturated heterocycles. The Bertz CT molecular complexity index is 2320. The summed E-state index contributed by atoms with van der Waals surface area (Å²) in [5.74, 6) is -1.23. The number of alkyl halides is 1. The Labute approximate surface area is 348 Å². The fourth-order valence-electron chi connectivity index (χ4n) is 5.66. The van der Waals surface area contributed by atoms with Crippen LogP contribution in [0.15, 0.2) is 111 Å². The Hall–Kier alpha value is -3.79. The van der Waals surface area contributed by atoms with Crippen LogP contribution in [0, 0.1) is 20.8 Å². The molecule has 0 radical (unpaired) electrons. The average molecular weight is 928 g/mol. The minimum atomic E-state index is -4.28. The monoisotopic (exact) mass is 926 g/mol. The Morgan fingerprint density at radius 2 is 0.897 bits per heavy atom. The molecule has 2 aliphatic rings. The van der Waals surface area contributed by atoms with Gasteiger partial charge < -0.3 is 20.9 Å². The Morgan fingerprint density at radius 1 is 0.569 bits per heavy atom. The second-order valence-corrected chi connectivity index (χ2v) is 19.2. The summed E-state index contributed by atoms with van der Waals surface area (Å²) < 4.78 is 102. The minimum absolute atomic E-state index is 0.0109. The van der Waals surface area contributed by atoms with Crippen molar-refractivity contribution in [2.24, 2.45) is 11.5 Å². The molecular formula is C39H47BrN2O13S3. The maximum absolute atomic E-state index is 12.8. The summed E-state index contributed by atoms with van der Waals surface area (Å²) in [6.07, 6.45) is -0.729. The van der Waals surface area contributed by atoms with Crippen LogP contribution in [0.4, 0.5) is 0 Å². The van der Waals surface area contributed by atoms with E-state index < -0.39 is 72.7 Å². The molecule has 0 amide bonds. The van der Waals surface area contributed by atoms with Gasteiger partial charge in [-0.05, 0) is 77.1 Å². The largest absolute Gasteiger partial charge is 0.463 e. The third-order valence-corrected chi connectivity index (χ3v) is 13.8. The first kappa shape index (κ1) is 46.9. The molecule has 316 valence electrons. The lowest BCUT2D eigenvalue weighted by Crippen LogP contribution is -2.51. The highest BCUT2D eigenvalue weighted by Gasteiger charge is 2.40. The first-order chi connectivity index (χ1) is 27.2. The third kappa shape index (κ3) is 12.4. The van der Waals surface area contributed by atoms with E-state index in [0.29, 0.717) is 5.57 Å². The lowest BCUT2D eigenvalue weighted by Gasteiger charge is -2.33.